The van der Waals surface area contributed by atoms with E-state index in [1.807, 2.05) is 12.1 Å². The number of halogens is 1. The molecule has 3 aromatic rings. The molecule has 2 heterocycles. The molecule has 1 amide bonds. The average Bonchev–Trinajstić information content (AvgIpc) is 3.43. The van der Waals surface area contributed by atoms with Gasteiger partial charge in [-0.15, -0.1) is 0 Å². The zero-order valence-electron chi connectivity index (χ0n) is 20.1. The first kappa shape index (κ1) is 24.4. The minimum Gasteiger partial charge on any atom is -0.493 e. The van der Waals surface area contributed by atoms with Gasteiger partial charge in [-0.2, -0.15) is 0 Å². The quantitative estimate of drug-likeness (QED) is 0.497. The molecule has 0 unspecified atom stereocenters. The van der Waals surface area contributed by atoms with E-state index in [9.17, 15) is 9.18 Å². The molecular formula is C26H30FN3O5. The summed E-state index contributed by atoms with van der Waals surface area (Å²) in [5.41, 5.74) is 1.40. The number of amides is 1. The van der Waals surface area contributed by atoms with Crippen molar-refractivity contribution in [3.8, 4) is 17.2 Å². The van der Waals surface area contributed by atoms with Gasteiger partial charge in [-0.05, 0) is 48.5 Å². The van der Waals surface area contributed by atoms with Gasteiger partial charge in [-0.1, -0.05) is 0 Å². The maximum Gasteiger partial charge on any atom is 0.251 e. The lowest BCUT2D eigenvalue weighted by Crippen LogP contribution is -2.49. The number of methoxy groups -OCH3 is 3. The van der Waals surface area contributed by atoms with Gasteiger partial charge in [0.25, 0.3) is 5.91 Å². The third-order valence-corrected chi connectivity index (χ3v) is 6.20. The van der Waals surface area contributed by atoms with Crippen LogP contribution in [-0.2, 0) is 0 Å². The molecule has 4 rings (SSSR count). The summed E-state index contributed by atoms with van der Waals surface area (Å²) < 4.78 is 35.1. The van der Waals surface area contributed by atoms with E-state index in [-0.39, 0.29) is 17.8 Å². The van der Waals surface area contributed by atoms with Crippen molar-refractivity contribution in [3.63, 3.8) is 0 Å². The van der Waals surface area contributed by atoms with Crippen molar-refractivity contribution in [2.24, 2.45) is 0 Å². The summed E-state index contributed by atoms with van der Waals surface area (Å²) >= 11 is 0. The van der Waals surface area contributed by atoms with Crippen LogP contribution in [-0.4, -0.2) is 64.9 Å². The Labute approximate surface area is 204 Å². The monoisotopic (exact) mass is 483 g/mol. The van der Waals surface area contributed by atoms with E-state index >= 15 is 0 Å². The summed E-state index contributed by atoms with van der Waals surface area (Å²) in [6.07, 6.45) is 1.64. The molecule has 1 aromatic heterocycles. The third-order valence-electron chi connectivity index (χ3n) is 6.20. The molecule has 1 saturated heterocycles. The maximum atomic E-state index is 13.3. The molecular weight excluding hydrogens is 453 g/mol. The highest BCUT2D eigenvalue weighted by Crippen LogP contribution is 2.38. The Kier molecular flexibility index (Phi) is 7.77. The first-order valence-corrected chi connectivity index (χ1v) is 11.4. The second-order valence-corrected chi connectivity index (χ2v) is 8.15. The second-order valence-electron chi connectivity index (χ2n) is 8.15. The van der Waals surface area contributed by atoms with E-state index < -0.39 is 0 Å². The maximum absolute atomic E-state index is 13.3. The van der Waals surface area contributed by atoms with Crippen molar-refractivity contribution in [2.45, 2.75) is 6.04 Å². The lowest BCUT2D eigenvalue weighted by molar-refractivity contribution is 0.0922. The summed E-state index contributed by atoms with van der Waals surface area (Å²) in [5.74, 6) is 1.54. The molecule has 0 spiro atoms. The van der Waals surface area contributed by atoms with E-state index in [4.69, 9.17) is 18.6 Å². The molecule has 35 heavy (non-hydrogen) atoms. The largest absolute Gasteiger partial charge is 0.493 e. The van der Waals surface area contributed by atoms with E-state index in [1.165, 1.54) is 33.5 Å². The molecule has 1 aliphatic heterocycles. The Morgan fingerprint density at radius 3 is 2.20 bits per heavy atom. The van der Waals surface area contributed by atoms with E-state index in [0.717, 1.165) is 37.6 Å². The van der Waals surface area contributed by atoms with Gasteiger partial charge in [0.2, 0.25) is 5.75 Å². The Hall–Kier alpha value is -3.72. The van der Waals surface area contributed by atoms with Crippen LogP contribution in [0.3, 0.4) is 0 Å². The van der Waals surface area contributed by atoms with Crippen molar-refractivity contribution in [1.29, 1.82) is 0 Å². The summed E-state index contributed by atoms with van der Waals surface area (Å²) in [6, 6.07) is 13.4. The van der Waals surface area contributed by atoms with Crippen molar-refractivity contribution < 1.29 is 27.8 Å². The molecule has 0 saturated carbocycles. The predicted molar refractivity (Wildman–Crippen MR) is 130 cm³/mol. The van der Waals surface area contributed by atoms with Crippen LogP contribution in [0.2, 0.25) is 0 Å². The van der Waals surface area contributed by atoms with Crippen LogP contribution in [0.15, 0.2) is 59.2 Å². The van der Waals surface area contributed by atoms with Crippen molar-refractivity contribution in [3.05, 3.63) is 71.9 Å². The molecule has 2 aromatic carbocycles. The Morgan fingerprint density at radius 2 is 1.66 bits per heavy atom. The number of nitrogens with one attached hydrogen (secondary N) is 1. The molecule has 9 heteroatoms. The standard InChI is InChI=1S/C26H30FN3O5/c1-32-23-15-18(16-24(33-2)25(23)34-3)26(31)28-17-21(22-5-4-14-35-22)30-12-10-29(11-13-30)20-8-6-19(27)7-9-20/h4-9,14-16,21H,10-13,17H2,1-3H3,(H,28,31)/t21-/m0/s1. The number of ether oxygens (including phenoxy) is 3. The van der Waals surface area contributed by atoms with Gasteiger partial charge in [0, 0.05) is 44.0 Å². The number of hydrogen-bond donors (Lipinski definition) is 1. The van der Waals surface area contributed by atoms with Crippen LogP contribution in [0, 0.1) is 5.82 Å². The minimum absolute atomic E-state index is 0.133. The number of anilines is 1. The molecule has 0 radical (unpaired) electrons. The van der Waals surface area contributed by atoms with Crippen molar-refractivity contribution in [1.82, 2.24) is 10.2 Å². The van der Waals surface area contributed by atoms with Crippen LogP contribution in [0.5, 0.6) is 17.2 Å². The molecule has 0 bridgehead atoms. The van der Waals surface area contributed by atoms with E-state index in [0.29, 0.717) is 29.4 Å². The van der Waals surface area contributed by atoms with Crippen molar-refractivity contribution in [2.75, 3.05) is 59.0 Å². The summed E-state index contributed by atoms with van der Waals surface area (Å²) in [6.45, 7) is 3.46. The topological polar surface area (TPSA) is 76.4 Å². The Bertz CT molecular complexity index is 1090. The van der Waals surface area contributed by atoms with Gasteiger partial charge in [0.15, 0.2) is 11.5 Å². The Morgan fingerprint density at radius 1 is 1.00 bits per heavy atom. The van der Waals surface area contributed by atoms with Gasteiger partial charge in [-0.3, -0.25) is 9.69 Å². The SMILES string of the molecule is COc1cc(C(=O)NC[C@@H](c2ccco2)N2CCN(c3ccc(F)cc3)CC2)cc(OC)c1OC. The van der Waals surface area contributed by atoms with Crippen molar-refractivity contribution >= 4 is 11.6 Å². The van der Waals surface area contributed by atoms with E-state index in [2.05, 4.69) is 15.1 Å². The number of benzene rings is 2. The molecule has 186 valence electrons. The lowest BCUT2D eigenvalue weighted by atomic mass is 10.1. The molecule has 1 aliphatic rings. The predicted octanol–water partition coefficient (Wildman–Crippen LogP) is 3.74. The van der Waals surface area contributed by atoms with Gasteiger partial charge in [0.05, 0.1) is 33.6 Å². The zero-order chi connectivity index (χ0) is 24.8. The minimum atomic E-state index is -0.259. The second kappa shape index (κ2) is 11.1. The third kappa shape index (κ3) is 5.51. The number of furan rings is 1. The number of nitrogens with zero attached hydrogens (tertiary/aromatic N) is 2. The number of rotatable bonds is 9. The molecule has 1 fully saturated rings. The van der Waals surface area contributed by atoms with Gasteiger partial charge < -0.3 is 28.8 Å². The first-order chi connectivity index (χ1) is 17.0. The highest BCUT2D eigenvalue weighted by molar-refractivity contribution is 5.95. The fraction of sp³-hybridized carbons (Fsp3) is 0.346. The molecule has 0 aliphatic carbocycles. The van der Waals surface area contributed by atoms with Crippen LogP contribution in [0.4, 0.5) is 10.1 Å². The number of carbonyl (C=O) groups is 1. The number of carbonyl (C=O) groups excluding carboxylic acids is 1. The van der Waals surface area contributed by atoms with Gasteiger partial charge >= 0.3 is 0 Å². The summed E-state index contributed by atoms with van der Waals surface area (Å²) in [7, 11) is 4.54. The average molecular weight is 484 g/mol. The summed E-state index contributed by atoms with van der Waals surface area (Å²) in [4.78, 5) is 17.6. The van der Waals surface area contributed by atoms with Crippen LogP contribution in [0.1, 0.15) is 22.2 Å². The highest BCUT2D eigenvalue weighted by Gasteiger charge is 2.28. The Balaban J connectivity index is 1.45. The molecule has 1 atom stereocenters. The smallest absolute Gasteiger partial charge is 0.251 e. The van der Waals surface area contributed by atoms with Gasteiger partial charge in [-0.25, -0.2) is 4.39 Å². The fourth-order valence-corrected chi connectivity index (χ4v) is 4.34. The number of hydrogen-bond acceptors (Lipinski definition) is 7. The highest BCUT2D eigenvalue weighted by atomic mass is 19.1. The lowest BCUT2D eigenvalue weighted by Gasteiger charge is -2.39. The first-order valence-electron chi connectivity index (χ1n) is 11.4. The van der Waals surface area contributed by atoms with E-state index in [1.54, 1.807) is 30.5 Å². The summed E-state index contributed by atoms with van der Waals surface area (Å²) in [5, 5.41) is 3.03. The van der Waals surface area contributed by atoms with Crippen LogP contribution < -0.4 is 24.4 Å². The zero-order valence-corrected chi connectivity index (χ0v) is 20.1. The van der Waals surface area contributed by atoms with Crippen LogP contribution >= 0.6 is 0 Å². The van der Waals surface area contributed by atoms with Gasteiger partial charge in [0.1, 0.15) is 11.6 Å². The molecule has 8 nitrogen and oxygen atoms in total. The van der Waals surface area contributed by atoms with Crippen LogP contribution in [0.25, 0.3) is 0 Å². The fourth-order valence-electron chi connectivity index (χ4n) is 4.34. The molecule has 1 N–H and O–H groups in total. The normalized spacial score (nSPS) is 14.9. The number of piperazine rings is 1.